The number of nitrogens with two attached hydrogens (primary N) is 2. The van der Waals surface area contributed by atoms with Crippen LogP contribution in [0, 0.1) is 0 Å². The third kappa shape index (κ3) is 2.67. The molecular weight excluding hydrogens is 258 g/mol. The summed E-state index contributed by atoms with van der Waals surface area (Å²) in [4.78, 5) is 2.10. The van der Waals surface area contributed by atoms with Crippen molar-refractivity contribution in [3.63, 3.8) is 0 Å². The average Bonchev–Trinajstić information content (AvgIpc) is 2.53. The highest BCUT2D eigenvalue weighted by atomic mass is 15.1. The van der Waals surface area contributed by atoms with Gasteiger partial charge in [-0.3, -0.25) is 0 Å². The third-order valence-corrected chi connectivity index (χ3v) is 3.32. The molecule has 0 spiro atoms. The molecule has 0 atom stereocenters. The maximum absolute atomic E-state index is 6.17. The minimum Gasteiger partial charge on any atom is -0.399 e. The molecule has 0 unspecified atom stereocenters. The fourth-order valence-corrected chi connectivity index (χ4v) is 2.34. The summed E-state index contributed by atoms with van der Waals surface area (Å²) >= 11 is 0. The van der Waals surface area contributed by atoms with Crippen LogP contribution in [0.2, 0.25) is 0 Å². The maximum atomic E-state index is 6.17. The van der Waals surface area contributed by atoms with Gasteiger partial charge in [0.15, 0.2) is 0 Å². The van der Waals surface area contributed by atoms with Crippen LogP contribution in [-0.4, -0.2) is 0 Å². The van der Waals surface area contributed by atoms with Gasteiger partial charge in [0.05, 0.1) is 11.4 Å². The molecule has 0 bridgehead atoms. The van der Waals surface area contributed by atoms with Gasteiger partial charge in [-0.05, 0) is 42.5 Å². The molecule has 3 aromatic carbocycles. The van der Waals surface area contributed by atoms with Crippen LogP contribution in [0.1, 0.15) is 0 Å². The van der Waals surface area contributed by atoms with Gasteiger partial charge in [-0.25, -0.2) is 0 Å². The number of benzene rings is 3. The van der Waals surface area contributed by atoms with E-state index in [2.05, 4.69) is 29.2 Å². The Morgan fingerprint density at radius 1 is 0.619 bits per heavy atom. The van der Waals surface area contributed by atoms with Crippen molar-refractivity contribution in [1.82, 2.24) is 0 Å². The smallest absolute Gasteiger partial charge is 0.0711 e. The number of anilines is 5. The van der Waals surface area contributed by atoms with Crippen LogP contribution >= 0.6 is 0 Å². The van der Waals surface area contributed by atoms with E-state index in [1.54, 1.807) is 0 Å². The number of hydrogen-bond donors (Lipinski definition) is 2. The van der Waals surface area contributed by atoms with Gasteiger partial charge in [0.25, 0.3) is 0 Å². The van der Waals surface area contributed by atoms with Gasteiger partial charge in [0.1, 0.15) is 0 Å². The predicted octanol–water partition coefficient (Wildman–Crippen LogP) is 4.32. The molecule has 0 saturated carbocycles. The van der Waals surface area contributed by atoms with Crippen molar-refractivity contribution in [2.24, 2.45) is 0 Å². The zero-order chi connectivity index (χ0) is 14.7. The minimum atomic E-state index is 0.691. The van der Waals surface area contributed by atoms with Crippen LogP contribution in [0.3, 0.4) is 0 Å². The van der Waals surface area contributed by atoms with E-state index in [9.17, 15) is 0 Å². The Balaban J connectivity index is 2.20. The molecular formula is C18H17N3. The fraction of sp³-hybridized carbons (Fsp3) is 0. The zero-order valence-electron chi connectivity index (χ0n) is 11.6. The fourth-order valence-electron chi connectivity index (χ4n) is 2.34. The summed E-state index contributed by atoms with van der Waals surface area (Å²) in [5.74, 6) is 0. The van der Waals surface area contributed by atoms with Crippen molar-refractivity contribution >= 4 is 28.4 Å². The monoisotopic (exact) mass is 275 g/mol. The Bertz CT molecular complexity index is 684. The lowest BCUT2D eigenvalue weighted by Crippen LogP contribution is -2.12. The van der Waals surface area contributed by atoms with Gasteiger partial charge in [0.2, 0.25) is 0 Å². The third-order valence-electron chi connectivity index (χ3n) is 3.32. The molecule has 0 saturated heterocycles. The number of nitrogen functional groups attached to an aromatic ring is 2. The van der Waals surface area contributed by atoms with Crippen molar-refractivity contribution in [1.29, 1.82) is 0 Å². The summed E-state index contributed by atoms with van der Waals surface area (Å²) in [6.45, 7) is 0. The van der Waals surface area contributed by atoms with E-state index in [1.807, 2.05) is 54.6 Å². The van der Waals surface area contributed by atoms with Gasteiger partial charge in [-0.1, -0.05) is 36.4 Å². The quantitative estimate of drug-likeness (QED) is 0.700. The minimum absolute atomic E-state index is 0.691. The average molecular weight is 275 g/mol. The first kappa shape index (κ1) is 13.1. The Morgan fingerprint density at radius 3 is 1.67 bits per heavy atom. The molecule has 0 aliphatic carbocycles. The lowest BCUT2D eigenvalue weighted by Gasteiger charge is -2.26. The first-order valence-corrected chi connectivity index (χ1v) is 6.81. The highest BCUT2D eigenvalue weighted by Crippen LogP contribution is 2.38. The maximum Gasteiger partial charge on any atom is 0.0711 e. The Kier molecular flexibility index (Phi) is 3.48. The highest BCUT2D eigenvalue weighted by Gasteiger charge is 2.14. The Hall–Kier alpha value is -2.94. The molecule has 3 heteroatoms. The van der Waals surface area contributed by atoms with Crippen molar-refractivity contribution in [2.45, 2.75) is 0 Å². The van der Waals surface area contributed by atoms with Crippen LogP contribution in [0.5, 0.6) is 0 Å². The summed E-state index contributed by atoms with van der Waals surface area (Å²) in [6, 6.07) is 25.8. The number of nitrogens with zero attached hydrogens (tertiary/aromatic N) is 1. The van der Waals surface area contributed by atoms with E-state index in [1.165, 1.54) is 0 Å². The molecule has 3 aromatic rings. The number of para-hydroxylation sites is 2. The van der Waals surface area contributed by atoms with Crippen LogP contribution in [0.25, 0.3) is 0 Å². The topological polar surface area (TPSA) is 55.3 Å². The standard InChI is InChI=1S/C18H17N3/c19-14-11-12-17(20)18(13-14)21(15-7-3-1-4-8-15)16-9-5-2-6-10-16/h1-13H,19-20H2. The SMILES string of the molecule is Nc1ccc(N)c(N(c2ccccc2)c2ccccc2)c1. The molecule has 0 aliphatic rings. The molecule has 0 aromatic heterocycles. The van der Waals surface area contributed by atoms with Crippen LogP contribution in [-0.2, 0) is 0 Å². The van der Waals surface area contributed by atoms with Crippen molar-refractivity contribution in [2.75, 3.05) is 16.4 Å². The Morgan fingerprint density at radius 2 is 1.14 bits per heavy atom. The molecule has 104 valence electrons. The zero-order valence-corrected chi connectivity index (χ0v) is 11.6. The van der Waals surface area contributed by atoms with Crippen LogP contribution < -0.4 is 16.4 Å². The highest BCUT2D eigenvalue weighted by molar-refractivity contribution is 5.85. The van der Waals surface area contributed by atoms with Gasteiger partial charge in [0, 0.05) is 17.1 Å². The van der Waals surface area contributed by atoms with Crippen LogP contribution in [0.15, 0.2) is 78.9 Å². The molecule has 21 heavy (non-hydrogen) atoms. The van der Waals surface area contributed by atoms with Crippen molar-refractivity contribution < 1.29 is 0 Å². The number of rotatable bonds is 3. The second kappa shape index (κ2) is 5.59. The summed E-state index contributed by atoms with van der Waals surface area (Å²) in [7, 11) is 0. The first-order valence-electron chi connectivity index (χ1n) is 6.81. The molecule has 0 heterocycles. The lowest BCUT2D eigenvalue weighted by molar-refractivity contribution is 1.29. The molecule has 4 N–H and O–H groups in total. The second-order valence-electron chi connectivity index (χ2n) is 4.82. The predicted molar refractivity (Wildman–Crippen MR) is 89.9 cm³/mol. The van der Waals surface area contributed by atoms with Crippen molar-refractivity contribution in [3.8, 4) is 0 Å². The van der Waals surface area contributed by atoms with Gasteiger partial charge in [-0.15, -0.1) is 0 Å². The van der Waals surface area contributed by atoms with Crippen LogP contribution in [0.4, 0.5) is 28.4 Å². The largest absolute Gasteiger partial charge is 0.399 e. The second-order valence-corrected chi connectivity index (χ2v) is 4.82. The summed E-state index contributed by atoms with van der Waals surface area (Å²) in [5.41, 5.74) is 16.5. The molecule has 0 radical (unpaired) electrons. The van der Waals surface area contributed by atoms with Crippen molar-refractivity contribution in [3.05, 3.63) is 78.9 Å². The van der Waals surface area contributed by atoms with Gasteiger partial charge >= 0.3 is 0 Å². The van der Waals surface area contributed by atoms with E-state index in [4.69, 9.17) is 11.5 Å². The molecule has 0 fully saturated rings. The van der Waals surface area contributed by atoms with Gasteiger partial charge < -0.3 is 16.4 Å². The summed E-state index contributed by atoms with van der Waals surface area (Å²) in [5, 5.41) is 0. The van der Waals surface area contributed by atoms with E-state index >= 15 is 0 Å². The van der Waals surface area contributed by atoms with E-state index in [-0.39, 0.29) is 0 Å². The number of hydrogen-bond acceptors (Lipinski definition) is 3. The summed E-state index contributed by atoms with van der Waals surface area (Å²) in [6.07, 6.45) is 0. The van der Waals surface area contributed by atoms with E-state index < -0.39 is 0 Å². The van der Waals surface area contributed by atoms with E-state index in [0.29, 0.717) is 11.4 Å². The molecule has 3 nitrogen and oxygen atoms in total. The molecule has 0 aliphatic heterocycles. The summed E-state index contributed by atoms with van der Waals surface area (Å²) < 4.78 is 0. The normalized spacial score (nSPS) is 10.3. The lowest BCUT2D eigenvalue weighted by atomic mass is 10.1. The van der Waals surface area contributed by atoms with Gasteiger partial charge in [-0.2, -0.15) is 0 Å². The molecule has 0 amide bonds. The Labute approximate surface area is 124 Å². The van der Waals surface area contributed by atoms with E-state index in [0.717, 1.165) is 17.1 Å². The molecule has 3 rings (SSSR count). The first-order chi connectivity index (χ1) is 10.3.